The maximum atomic E-state index is 6.09. The summed E-state index contributed by atoms with van der Waals surface area (Å²) < 4.78 is 2.56. The molecule has 0 fully saturated rings. The Hall–Kier alpha value is 0.680. The zero-order chi connectivity index (χ0) is 9.42. The van der Waals surface area contributed by atoms with Gasteiger partial charge in [0, 0.05) is 15.1 Å². The van der Waals surface area contributed by atoms with Crippen LogP contribution in [-0.4, -0.2) is 0 Å². The molecule has 2 aromatic rings. The van der Waals surface area contributed by atoms with Crippen LogP contribution in [-0.2, 0) is 5.33 Å². The minimum Gasteiger partial charge on any atom is -0.129 e. The number of halogens is 3. The number of rotatable bonds is 1. The number of benzene rings is 1. The van der Waals surface area contributed by atoms with E-state index in [2.05, 4.69) is 50.7 Å². The lowest BCUT2D eigenvalue weighted by Gasteiger charge is -1.99. The molecule has 0 aliphatic carbocycles. The molecule has 13 heavy (non-hydrogen) atoms. The number of thiophene rings is 1. The van der Waals surface area contributed by atoms with Crippen LogP contribution in [0.2, 0.25) is 5.02 Å². The van der Waals surface area contributed by atoms with Gasteiger partial charge in [-0.2, -0.15) is 0 Å². The molecule has 0 radical (unpaired) electrons. The van der Waals surface area contributed by atoms with E-state index in [0.29, 0.717) is 0 Å². The van der Waals surface area contributed by atoms with Crippen molar-refractivity contribution in [3.8, 4) is 0 Å². The van der Waals surface area contributed by atoms with Gasteiger partial charge in [0.25, 0.3) is 0 Å². The van der Waals surface area contributed by atoms with Crippen molar-refractivity contribution in [3.63, 3.8) is 0 Å². The van der Waals surface area contributed by atoms with Gasteiger partial charge in [0.15, 0.2) is 0 Å². The van der Waals surface area contributed by atoms with Crippen LogP contribution in [0.1, 0.15) is 5.56 Å². The van der Waals surface area contributed by atoms with Gasteiger partial charge < -0.3 is 0 Å². The zero-order valence-electron chi connectivity index (χ0n) is 6.48. The summed E-state index contributed by atoms with van der Waals surface area (Å²) >= 11 is 13.6. The van der Waals surface area contributed by atoms with E-state index in [-0.39, 0.29) is 0 Å². The molecule has 0 amide bonds. The van der Waals surface area contributed by atoms with Crippen LogP contribution in [0.25, 0.3) is 10.1 Å². The number of hydrogen-bond acceptors (Lipinski definition) is 1. The molecule has 0 saturated carbocycles. The second-order valence-corrected chi connectivity index (χ2v) is 6.61. The normalized spacial score (nSPS) is 11.0. The summed E-state index contributed by atoms with van der Waals surface area (Å²) in [5.74, 6) is 0. The van der Waals surface area contributed by atoms with Crippen molar-refractivity contribution in [2.24, 2.45) is 0 Å². The lowest BCUT2D eigenvalue weighted by molar-refractivity contribution is 1.47. The quantitative estimate of drug-likeness (QED) is 0.474. The van der Waals surface area contributed by atoms with E-state index in [1.165, 1.54) is 13.0 Å². The first kappa shape index (κ1) is 10.2. The smallest absolute Gasteiger partial charge is 0.0666 e. The highest BCUT2D eigenvalue weighted by Crippen LogP contribution is 2.32. The third-order valence-electron chi connectivity index (χ3n) is 1.80. The molecule has 0 bridgehead atoms. The first-order valence-corrected chi connectivity index (χ1v) is 7.03. The fourth-order valence-corrected chi connectivity index (χ4v) is 3.96. The van der Waals surface area contributed by atoms with Gasteiger partial charge >= 0.3 is 0 Å². The largest absolute Gasteiger partial charge is 0.129 e. The standard InChI is InChI=1S/C9H5BrClIS/c10-4-6-1-5-2-9(12)13-8(5)3-7(6)11/h1-3H,4H2. The van der Waals surface area contributed by atoms with E-state index >= 15 is 0 Å². The van der Waals surface area contributed by atoms with Crippen LogP contribution in [0.15, 0.2) is 18.2 Å². The first-order valence-electron chi connectivity index (χ1n) is 3.64. The van der Waals surface area contributed by atoms with E-state index in [0.717, 1.165) is 15.9 Å². The highest BCUT2D eigenvalue weighted by Gasteiger charge is 2.04. The molecule has 0 aliphatic heterocycles. The van der Waals surface area contributed by atoms with E-state index in [1.54, 1.807) is 11.3 Å². The SMILES string of the molecule is Clc1cc2sc(I)cc2cc1CBr. The number of fused-ring (bicyclic) bond motifs is 1. The third-order valence-corrected chi connectivity index (χ3v) is 4.61. The predicted molar refractivity (Wildman–Crippen MR) is 72.2 cm³/mol. The van der Waals surface area contributed by atoms with Crippen molar-refractivity contribution in [2.45, 2.75) is 5.33 Å². The molecule has 68 valence electrons. The van der Waals surface area contributed by atoms with Crippen LogP contribution in [0, 0.1) is 2.88 Å². The lowest BCUT2D eigenvalue weighted by Crippen LogP contribution is -1.77. The van der Waals surface area contributed by atoms with Gasteiger partial charge in [0.1, 0.15) is 0 Å². The van der Waals surface area contributed by atoms with E-state index in [9.17, 15) is 0 Å². The fraction of sp³-hybridized carbons (Fsp3) is 0.111. The first-order chi connectivity index (χ1) is 6.20. The molecule has 0 N–H and O–H groups in total. The molecule has 0 unspecified atom stereocenters. The molecular weight excluding hydrogens is 382 g/mol. The van der Waals surface area contributed by atoms with Gasteiger partial charge in [-0.25, -0.2) is 0 Å². The molecule has 1 aromatic heterocycles. The molecule has 0 aliphatic rings. The Morgan fingerprint density at radius 1 is 1.38 bits per heavy atom. The van der Waals surface area contributed by atoms with Gasteiger partial charge in [0.2, 0.25) is 0 Å². The van der Waals surface area contributed by atoms with Crippen LogP contribution in [0.3, 0.4) is 0 Å². The second kappa shape index (κ2) is 4.04. The monoisotopic (exact) mass is 386 g/mol. The van der Waals surface area contributed by atoms with Crippen LogP contribution in [0.5, 0.6) is 0 Å². The Morgan fingerprint density at radius 2 is 2.15 bits per heavy atom. The fourth-order valence-electron chi connectivity index (χ4n) is 1.18. The van der Waals surface area contributed by atoms with Gasteiger partial charge in [-0.3, -0.25) is 0 Å². The van der Waals surface area contributed by atoms with Gasteiger partial charge in [0.05, 0.1) is 2.88 Å². The minimum absolute atomic E-state index is 0.814. The maximum absolute atomic E-state index is 6.09. The Labute approximate surface area is 108 Å². The van der Waals surface area contributed by atoms with Crippen molar-refractivity contribution < 1.29 is 0 Å². The number of alkyl halides is 1. The molecule has 0 nitrogen and oxygen atoms in total. The van der Waals surface area contributed by atoms with Crippen LogP contribution < -0.4 is 0 Å². The summed E-state index contributed by atoms with van der Waals surface area (Å²) in [6.45, 7) is 0. The summed E-state index contributed by atoms with van der Waals surface area (Å²) in [4.78, 5) is 0. The topological polar surface area (TPSA) is 0 Å². The zero-order valence-corrected chi connectivity index (χ0v) is 11.8. The predicted octanol–water partition coefficient (Wildman–Crippen LogP) is 5.05. The molecule has 2 rings (SSSR count). The lowest BCUT2D eigenvalue weighted by atomic mass is 10.2. The van der Waals surface area contributed by atoms with Crippen molar-refractivity contribution >= 4 is 71.5 Å². The van der Waals surface area contributed by atoms with Gasteiger partial charge in [-0.1, -0.05) is 27.5 Å². The van der Waals surface area contributed by atoms with Gasteiger partial charge in [-0.15, -0.1) is 11.3 Å². The molecular formula is C9H5BrClIS. The second-order valence-electron chi connectivity index (χ2n) is 2.67. The Bertz CT molecular complexity index is 452. The van der Waals surface area contributed by atoms with Crippen LogP contribution >= 0.6 is 61.5 Å². The summed E-state index contributed by atoms with van der Waals surface area (Å²) in [5, 5.41) is 2.95. The van der Waals surface area contributed by atoms with Gasteiger partial charge in [-0.05, 0) is 51.7 Å². The average molecular weight is 387 g/mol. The Balaban J connectivity index is 2.72. The molecule has 1 aromatic carbocycles. The average Bonchev–Trinajstić information content (AvgIpc) is 2.42. The molecule has 0 atom stereocenters. The summed E-state index contributed by atoms with van der Waals surface area (Å²) in [7, 11) is 0. The molecule has 0 spiro atoms. The summed E-state index contributed by atoms with van der Waals surface area (Å²) in [5.41, 5.74) is 1.16. The van der Waals surface area contributed by atoms with Crippen LogP contribution in [0.4, 0.5) is 0 Å². The number of hydrogen-bond donors (Lipinski definition) is 0. The van der Waals surface area contributed by atoms with E-state index < -0.39 is 0 Å². The van der Waals surface area contributed by atoms with Crippen molar-refractivity contribution in [1.82, 2.24) is 0 Å². The van der Waals surface area contributed by atoms with E-state index in [4.69, 9.17) is 11.6 Å². The summed E-state index contributed by atoms with van der Waals surface area (Å²) in [6.07, 6.45) is 0. The third kappa shape index (κ3) is 2.03. The van der Waals surface area contributed by atoms with Crippen molar-refractivity contribution in [3.05, 3.63) is 31.7 Å². The van der Waals surface area contributed by atoms with Crippen molar-refractivity contribution in [2.75, 3.05) is 0 Å². The maximum Gasteiger partial charge on any atom is 0.0666 e. The molecule has 4 heteroatoms. The highest BCUT2D eigenvalue weighted by molar-refractivity contribution is 14.1. The molecule has 1 heterocycles. The van der Waals surface area contributed by atoms with E-state index in [1.807, 2.05) is 6.07 Å². The van der Waals surface area contributed by atoms with Crippen molar-refractivity contribution in [1.29, 1.82) is 0 Å². The Morgan fingerprint density at radius 3 is 2.85 bits per heavy atom. The minimum atomic E-state index is 0.814. The highest BCUT2D eigenvalue weighted by atomic mass is 127. The molecule has 0 saturated heterocycles. The Kier molecular flexibility index (Phi) is 3.18. The summed E-state index contributed by atoms with van der Waals surface area (Å²) in [6, 6.07) is 6.37.